The van der Waals surface area contributed by atoms with Gasteiger partial charge >= 0.3 is 0 Å². The fourth-order valence-electron chi connectivity index (χ4n) is 2.52. The van der Waals surface area contributed by atoms with Crippen molar-refractivity contribution in [3.05, 3.63) is 0 Å². The maximum absolute atomic E-state index is 5.98. The number of ether oxygens (including phenoxy) is 1. The van der Waals surface area contributed by atoms with Crippen LogP contribution in [0.3, 0.4) is 0 Å². The van der Waals surface area contributed by atoms with Gasteiger partial charge in [0.25, 0.3) is 0 Å². The number of hydrogen-bond donors (Lipinski definition) is 0. The van der Waals surface area contributed by atoms with Gasteiger partial charge in [0.05, 0.1) is 6.10 Å². The summed E-state index contributed by atoms with van der Waals surface area (Å²) in [7, 11) is 0. The van der Waals surface area contributed by atoms with E-state index in [4.69, 9.17) is 4.74 Å². The predicted molar refractivity (Wildman–Crippen MR) is 88.7 cm³/mol. The zero-order chi connectivity index (χ0) is 14.4. The predicted octanol–water partition coefficient (Wildman–Crippen LogP) is 6.32. The van der Waals surface area contributed by atoms with Crippen LogP contribution in [0.5, 0.6) is 0 Å². The minimum absolute atomic E-state index is 0. The van der Waals surface area contributed by atoms with Crippen molar-refractivity contribution in [2.45, 2.75) is 94.6 Å². The van der Waals surface area contributed by atoms with Crippen LogP contribution in [0, 0.1) is 16.7 Å². The van der Waals surface area contributed by atoms with E-state index < -0.39 is 0 Å². The lowest BCUT2D eigenvalue weighted by atomic mass is 9.67. The van der Waals surface area contributed by atoms with Crippen LogP contribution in [-0.2, 0) is 4.74 Å². The van der Waals surface area contributed by atoms with Crippen LogP contribution in [0.4, 0.5) is 0 Å². The third-order valence-electron chi connectivity index (χ3n) is 3.79. The Morgan fingerprint density at radius 3 is 1.63 bits per heavy atom. The molecule has 1 saturated heterocycles. The molecule has 19 heavy (non-hydrogen) atoms. The second-order valence-electron chi connectivity index (χ2n) is 7.77. The molecule has 0 saturated carbocycles. The van der Waals surface area contributed by atoms with Crippen LogP contribution in [0.1, 0.15) is 88.5 Å². The molecule has 0 aromatic carbocycles. The summed E-state index contributed by atoms with van der Waals surface area (Å²) in [6.07, 6.45) is 5.62. The van der Waals surface area contributed by atoms with Crippen LogP contribution in [0.25, 0.3) is 0 Å². The Hall–Kier alpha value is -0.0400. The van der Waals surface area contributed by atoms with Gasteiger partial charge < -0.3 is 4.74 Å². The molecule has 1 fully saturated rings. The van der Waals surface area contributed by atoms with Crippen LogP contribution >= 0.6 is 0 Å². The maximum Gasteiger partial charge on any atom is 0.0656 e. The number of unbranched alkanes of at least 4 members (excludes halogenated alkanes) is 1. The van der Waals surface area contributed by atoms with Crippen molar-refractivity contribution in [2.24, 2.45) is 16.7 Å². The van der Waals surface area contributed by atoms with E-state index in [0.29, 0.717) is 17.4 Å². The van der Waals surface area contributed by atoms with Crippen LogP contribution in [0.15, 0.2) is 0 Å². The van der Waals surface area contributed by atoms with E-state index in [1.807, 2.05) is 0 Å². The number of hydrogen-bond acceptors (Lipinski definition) is 1. The third-order valence-corrected chi connectivity index (χ3v) is 3.79. The fourth-order valence-corrected chi connectivity index (χ4v) is 2.52. The van der Waals surface area contributed by atoms with Crippen molar-refractivity contribution in [1.29, 1.82) is 0 Å². The fraction of sp³-hybridized carbons (Fsp3) is 1.00. The van der Waals surface area contributed by atoms with Gasteiger partial charge in [-0.1, -0.05) is 75.7 Å². The number of rotatable bonds is 1. The average Bonchev–Trinajstić information content (AvgIpc) is 2.27. The lowest BCUT2D eigenvalue weighted by molar-refractivity contribution is -0.115. The molecule has 1 aliphatic heterocycles. The Labute approximate surface area is 123 Å². The maximum atomic E-state index is 5.98. The highest BCUT2D eigenvalue weighted by molar-refractivity contribution is 4.90. The van der Waals surface area contributed by atoms with Crippen molar-refractivity contribution in [3.63, 3.8) is 0 Å². The Balaban J connectivity index is 0. The molecule has 1 rings (SSSR count). The van der Waals surface area contributed by atoms with Gasteiger partial charge in [0.2, 0.25) is 0 Å². The topological polar surface area (TPSA) is 9.23 Å². The van der Waals surface area contributed by atoms with Gasteiger partial charge in [-0.2, -0.15) is 0 Å². The average molecular weight is 273 g/mol. The Morgan fingerprint density at radius 2 is 1.37 bits per heavy atom. The second kappa shape index (κ2) is 9.00. The first kappa shape index (κ1) is 21.3. The van der Waals surface area contributed by atoms with E-state index in [1.54, 1.807) is 0 Å². The normalized spacial score (nSPS) is 24.0. The summed E-state index contributed by atoms with van der Waals surface area (Å²) in [5.41, 5.74) is 0.650. The molecule has 0 N–H and O–H groups in total. The van der Waals surface area contributed by atoms with Gasteiger partial charge in [0, 0.05) is 6.61 Å². The van der Waals surface area contributed by atoms with Crippen LogP contribution in [-0.4, -0.2) is 12.7 Å². The molecule has 1 heteroatoms. The van der Waals surface area contributed by atoms with Gasteiger partial charge in [0.1, 0.15) is 0 Å². The summed E-state index contributed by atoms with van der Waals surface area (Å²) in [4.78, 5) is 0. The van der Waals surface area contributed by atoms with Gasteiger partial charge in [-0.25, -0.2) is 0 Å². The molecular formula is C18H40O. The zero-order valence-corrected chi connectivity index (χ0v) is 14.1. The summed E-state index contributed by atoms with van der Waals surface area (Å²) in [6.45, 7) is 19.2. The van der Waals surface area contributed by atoms with Crippen molar-refractivity contribution in [3.8, 4) is 0 Å². The molecule has 1 heterocycles. The molecule has 0 aliphatic carbocycles. The lowest BCUT2D eigenvalue weighted by Gasteiger charge is -2.46. The second-order valence-corrected chi connectivity index (χ2v) is 7.77. The summed E-state index contributed by atoms with van der Waals surface area (Å²) < 4.78 is 5.98. The van der Waals surface area contributed by atoms with Crippen LogP contribution in [0.2, 0.25) is 0 Å². The highest BCUT2D eigenvalue weighted by atomic mass is 16.5. The van der Waals surface area contributed by atoms with Crippen molar-refractivity contribution in [2.75, 3.05) is 6.61 Å². The Kier molecular flexibility index (Phi) is 10.1. The molecule has 0 aromatic heterocycles. The standard InChI is InChI=1S/C13H26O.C4H10.CH4/c1-12(2,3)10-8-7-9-14-11(10)13(4,5)6;1-3-4-2;/h10-11H,7-9H2,1-6H3;3-4H2,1-2H3;1H4. The third kappa shape index (κ3) is 7.97. The molecule has 0 bridgehead atoms. The zero-order valence-electron chi connectivity index (χ0n) is 14.1. The van der Waals surface area contributed by atoms with E-state index in [1.165, 1.54) is 25.7 Å². The summed E-state index contributed by atoms with van der Waals surface area (Å²) in [5.74, 6) is 0.705. The highest BCUT2D eigenvalue weighted by Gasteiger charge is 2.40. The minimum Gasteiger partial charge on any atom is -0.377 e. The van der Waals surface area contributed by atoms with E-state index in [0.717, 1.165) is 6.61 Å². The molecule has 0 aromatic rings. The molecule has 118 valence electrons. The van der Waals surface area contributed by atoms with Gasteiger partial charge in [-0.3, -0.25) is 0 Å². The summed E-state index contributed by atoms with van der Waals surface area (Å²) in [5, 5.41) is 0. The molecule has 2 atom stereocenters. The van der Waals surface area contributed by atoms with Crippen molar-refractivity contribution in [1.82, 2.24) is 0 Å². The molecule has 0 radical (unpaired) electrons. The van der Waals surface area contributed by atoms with E-state index in [2.05, 4.69) is 55.4 Å². The van der Waals surface area contributed by atoms with Crippen LogP contribution < -0.4 is 0 Å². The minimum atomic E-state index is 0. The lowest BCUT2D eigenvalue weighted by Crippen LogP contribution is -2.45. The quantitative estimate of drug-likeness (QED) is 0.543. The van der Waals surface area contributed by atoms with Gasteiger partial charge in [0.15, 0.2) is 0 Å². The summed E-state index contributed by atoms with van der Waals surface area (Å²) >= 11 is 0. The van der Waals surface area contributed by atoms with Crippen molar-refractivity contribution < 1.29 is 4.74 Å². The monoisotopic (exact) mass is 272 g/mol. The molecule has 0 amide bonds. The molecule has 2 unspecified atom stereocenters. The molecule has 1 nitrogen and oxygen atoms in total. The molecule has 1 aliphatic rings. The van der Waals surface area contributed by atoms with E-state index >= 15 is 0 Å². The van der Waals surface area contributed by atoms with E-state index in [-0.39, 0.29) is 12.8 Å². The first-order valence-electron chi connectivity index (χ1n) is 7.76. The Morgan fingerprint density at radius 1 is 0.895 bits per heavy atom. The smallest absolute Gasteiger partial charge is 0.0656 e. The first-order chi connectivity index (χ1) is 8.14. The largest absolute Gasteiger partial charge is 0.377 e. The molecular weight excluding hydrogens is 232 g/mol. The summed E-state index contributed by atoms with van der Waals surface area (Å²) in [6, 6.07) is 0. The van der Waals surface area contributed by atoms with Gasteiger partial charge in [-0.05, 0) is 29.6 Å². The SMILES string of the molecule is C.CC(C)(C)C1CCCOC1C(C)(C)C.CCCC. The van der Waals surface area contributed by atoms with Crippen molar-refractivity contribution >= 4 is 0 Å². The highest BCUT2D eigenvalue weighted by Crippen LogP contribution is 2.43. The molecule has 0 spiro atoms. The Bertz CT molecular complexity index is 183. The van der Waals surface area contributed by atoms with Gasteiger partial charge in [-0.15, -0.1) is 0 Å². The van der Waals surface area contributed by atoms with E-state index in [9.17, 15) is 0 Å². The first-order valence-corrected chi connectivity index (χ1v) is 7.76.